The molecule has 0 bridgehead atoms. The van der Waals surface area contributed by atoms with E-state index in [9.17, 15) is 4.39 Å². The normalized spacial score (nSPS) is 12.5. The number of benzene rings is 2. The van der Waals surface area contributed by atoms with E-state index in [-0.39, 0.29) is 11.9 Å². The van der Waals surface area contributed by atoms with Crippen molar-refractivity contribution in [2.45, 2.75) is 13.0 Å². The second-order valence-corrected chi connectivity index (χ2v) is 4.66. The lowest BCUT2D eigenvalue weighted by Crippen LogP contribution is -2.06. The van der Waals surface area contributed by atoms with Gasteiger partial charge in [-0.2, -0.15) is 4.98 Å². The number of hydrogen-bond acceptors (Lipinski definition) is 4. The highest BCUT2D eigenvalue weighted by atomic mass is 19.1. The number of fused-ring (bicyclic) bond motifs is 1. The molecule has 1 heterocycles. The lowest BCUT2D eigenvalue weighted by Gasteiger charge is -2.12. The van der Waals surface area contributed by atoms with Gasteiger partial charge in [-0.25, -0.2) is 4.39 Å². The zero-order valence-corrected chi connectivity index (χ0v) is 10.9. The summed E-state index contributed by atoms with van der Waals surface area (Å²) in [5.41, 5.74) is 8.66. The standard InChI is InChI=1S/C15H14FN3O/c1-9(10-2-4-11(16)5-3-10)18-15-19-13-7-6-12(17)8-14(13)20-15/h2-9H,17H2,1H3,(H,18,19). The Morgan fingerprint density at radius 1 is 1.20 bits per heavy atom. The lowest BCUT2D eigenvalue weighted by molar-refractivity contribution is 0.603. The van der Waals surface area contributed by atoms with Crippen LogP contribution < -0.4 is 11.1 Å². The van der Waals surface area contributed by atoms with Crippen molar-refractivity contribution in [3.8, 4) is 0 Å². The highest BCUT2D eigenvalue weighted by molar-refractivity contribution is 5.78. The third-order valence-corrected chi connectivity index (χ3v) is 3.12. The van der Waals surface area contributed by atoms with Gasteiger partial charge < -0.3 is 15.5 Å². The summed E-state index contributed by atoms with van der Waals surface area (Å²) in [4.78, 5) is 4.33. The van der Waals surface area contributed by atoms with E-state index in [4.69, 9.17) is 10.2 Å². The van der Waals surface area contributed by atoms with Crippen molar-refractivity contribution in [3.05, 3.63) is 53.8 Å². The Hall–Kier alpha value is -2.56. The Labute approximate surface area is 115 Å². The van der Waals surface area contributed by atoms with Crippen molar-refractivity contribution in [2.24, 2.45) is 0 Å². The average Bonchev–Trinajstić information content (AvgIpc) is 2.80. The van der Waals surface area contributed by atoms with E-state index < -0.39 is 0 Å². The molecule has 0 saturated heterocycles. The monoisotopic (exact) mass is 271 g/mol. The molecule has 0 aliphatic rings. The molecular weight excluding hydrogens is 257 g/mol. The largest absolute Gasteiger partial charge is 0.423 e. The first-order valence-corrected chi connectivity index (χ1v) is 6.30. The van der Waals surface area contributed by atoms with Crippen LogP contribution in [0.5, 0.6) is 0 Å². The molecule has 1 unspecified atom stereocenters. The van der Waals surface area contributed by atoms with Crippen LogP contribution in [0.4, 0.5) is 16.1 Å². The molecule has 3 rings (SSSR count). The minimum absolute atomic E-state index is 0.0407. The predicted molar refractivity (Wildman–Crippen MR) is 76.9 cm³/mol. The first kappa shape index (κ1) is 12.5. The molecule has 0 radical (unpaired) electrons. The first-order chi connectivity index (χ1) is 9.61. The number of oxazole rings is 1. The van der Waals surface area contributed by atoms with Crippen LogP contribution in [0.25, 0.3) is 11.1 Å². The summed E-state index contributed by atoms with van der Waals surface area (Å²) in [6, 6.07) is 12.0. The van der Waals surface area contributed by atoms with Crippen LogP contribution in [0, 0.1) is 5.82 Å². The molecule has 0 fully saturated rings. The van der Waals surface area contributed by atoms with Gasteiger partial charge in [-0.05, 0) is 36.8 Å². The lowest BCUT2D eigenvalue weighted by atomic mass is 10.1. The molecule has 1 atom stereocenters. The van der Waals surface area contributed by atoms with Gasteiger partial charge in [-0.1, -0.05) is 12.1 Å². The third-order valence-electron chi connectivity index (χ3n) is 3.12. The molecule has 0 amide bonds. The van der Waals surface area contributed by atoms with Crippen molar-refractivity contribution in [3.63, 3.8) is 0 Å². The number of nitrogens with two attached hydrogens (primary N) is 1. The van der Waals surface area contributed by atoms with Gasteiger partial charge in [0.1, 0.15) is 11.3 Å². The van der Waals surface area contributed by atoms with E-state index in [1.165, 1.54) is 12.1 Å². The molecule has 3 aromatic rings. The minimum atomic E-state index is -0.252. The molecule has 0 spiro atoms. The molecule has 102 valence electrons. The highest BCUT2D eigenvalue weighted by Gasteiger charge is 2.10. The number of hydrogen-bond donors (Lipinski definition) is 2. The number of nitrogens with one attached hydrogen (secondary N) is 1. The maximum Gasteiger partial charge on any atom is 0.296 e. The molecule has 4 nitrogen and oxygen atoms in total. The Balaban J connectivity index is 1.83. The van der Waals surface area contributed by atoms with Crippen LogP contribution >= 0.6 is 0 Å². The highest BCUT2D eigenvalue weighted by Crippen LogP contribution is 2.24. The number of anilines is 2. The molecule has 5 heteroatoms. The summed E-state index contributed by atoms with van der Waals surface area (Å²) >= 11 is 0. The molecule has 20 heavy (non-hydrogen) atoms. The summed E-state index contributed by atoms with van der Waals surface area (Å²) in [6.07, 6.45) is 0. The first-order valence-electron chi connectivity index (χ1n) is 6.30. The van der Waals surface area contributed by atoms with Crippen molar-refractivity contribution in [1.29, 1.82) is 0 Å². The van der Waals surface area contributed by atoms with Crippen LogP contribution in [0.1, 0.15) is 18.5 Å². The fourth-order valence-electron chi connectivity index (χ4n) is 2.02. The van der Waals surface area contributed by atoms with Crippen LogP contribution in [0.2, 0.25) is 0 Å². The number of aromatic nitrogens is 1. The van der Waals surface area contributed by atoms with Gasteiger partial charge in [0.15, 0.2) is 5.58 Å². The third kappa shape index (κ3) is 2.42. The summed E-state index contributed by atoms with van der Waals surface area (Å²) in [7, 11) is 0. The fourth-order valence-corrected chi connectivity index (χ4v) is 2.02. The van der Waals surface area contributed by atoms with E-state index in [0.717, 1.165) is 11.1 Å². The van der Waals surface area contributed by atoms with E-state index in [2.05, 4.69) is 10.3 Å². The molecule has 0 aliphatic carbocycles. The quantitative estimate of drug-likeness (QED) is 0.712. The minimum Gasteiger partial charge on any atom is -0.423 e. The van der Waals surface area contributed by atoms with Gasteiger partial charge >= 0.3 is 0 Å². The van der Waals surface area contributed by atoms with Crippen LogP contribution in [0.3, 0.4) is 0 Å². The summed E-state index contributed by atoms with van der Waals surface area (Å²) in [6.45, 7) is 1.95. The van der Waals surface area contributed by atoms with Gasteiger partial charge in [0, 0.05) is 11.8 Å². The zero-order valence-electron chi connectivity index (χ0n) is 10.9. The molecular formula is C15H14FN3O. The summed E-state index contributed by atoms with van der Waals surface area (Å²) in [5.74, 6) is -0.252. The number of nitrogens with zero attached hydrogens (tertiary/aromatic N) is 1. The van der Waals surface area contributed by atoms with Gasteiger partial charge in [-0.3, -0.25) is 0 Å². The molecule has 1 aromatic heterocycles. The number of halogens is 1. The second-order valence-electron chi connectivity index (χ2n) is 4.66. The van der Waals surface area contributed by atoms with Crippen LogP contribution in [0.15, 0.2) is 46.9 Å². The van der Waals surface area contributed by atoms with Crippen molar-refractivity contribution in [1.82, 2.24) is 4.98 Å². The Kier molecular flexibility index (Phi) is 3.02. The zero-order chi connectivity index (χ0) is 14.1. The SMILES string of the molecule is CC(Nc1nc2ccc(N)cc2o1)c1ccc(F)cc1. The predicted octanol–water partition coefficient (Wildman–Crippen LogP) is 3.72. The van der Waals surface area contributed by atoms with E-state index in [1.54, 1.807) is 24.3 Å². The van der Waals surface area contributed by atoms with Crippen molar-refractivity contribution < 1.29 is 8.81 Å². The number of rotatable bonds is 3. The van der Waals surface area contributed by atoms with Crippen LogP contribution in [-0.4, -0.2) is 4.98 Å². The molecule has 2 aromatic carbocycles. The second kappa shape index (κ2) is 4.85. The van der Waals surface area contributed by atoms with Crippen LogP contribution in [-0.2, 0) is 0 Å². The van der Waals surface area contributed by atoms with Crippen molar-refractivity contribution in [2.75, 3.05) is 11.1 Å². The summed E-state index contributed by atoms with van der Waals surface area (Å²) in [5, 5.41) is 3.15. The molecule has 0 aliphatic heterocycles. The Bertz CT molecular complexity index is 736. The maximum absolute atomic E-state index is 12.9. The Morgan fingerprint density at radius 3 is 2.70 bits per heavy atom. The maximum atomic E-state index is 12.9. The number of nitrogen functional groups attached to an aromatic ring is 1. The fraction of sp³-hybridized carbons (Fsp3) is 0.133. The topological polar surface area (TPSA) is 64.1 Å². The smallest absolute Gasteiger partial charge is 0.296 e. The Morgan fingerprint density at radius 2 is 1.95 bits per heavy atom. The van der Waals surface area contributed by atoms with Gasteiger partial charge in [0.2, 0.25) is 0 Å². The summed E-state index contributed by atoms with van der Waals surface area (Å²) < 4.78 is 18.5. The van der Waals surface area contributed by atoms with E-state index in [0.29, 0.717) is 17.3 Å². The molecule has 3 N–H and O–H groups in total. The van der Waals surface area contributed by atoms with Crippen molar-refractivity contribution >= 4 is 22.8 Å². The van der Waals surface area contributed by atoms with Gasteiger partial charge in [-0.15, -0.1) is 0 Å². The van der Waals surface area contributed by atoms with E-state index >= 15 is 0 Å². The van der Waals surface area contributed by atoms with Gasteiger partial charge in [0.05, 0.1) is 6.04 Å². The average molecular weight is 271 g/mol. The molecule has 0 saturated carbocycles. The van der Waals surface area contributed by atoms with E-state index in [1.807, 2.05) is 13.0 Å². The van der Waals surface area contributed by atoms with Gasteiger partial charge in [0.25, 0.3) is 6.01 Å².